The summed E-state index contributed by atoms with van der Waals surface area (Å²) in [6, 6.07) is 6.91. The summed E-state index contributed by atoms with van der Waals surface area (Å²) in [5.41, 5.74) is 6.26. The van der Waals surface area contributed by atoms with Crippen molar-refractivity contribution in [2.75, 3.05) is 6.54 Å². The highest BCUT2D eigenvalue weighted by Crippen LogP contribution is 2.20. The lowest BCUT2D eigenvalue weighted by atomic mass is 9.96. The Hall–Kier alpha value is -2.21. The summed E-state index contributed by atoms with van der Waals surface area (Å²) < 4.78 is 0. The Labute approximate surface area is 128 Å². The Morgan fingerprint density at radius 1 is 1.41 bits per heavy atom. The lowest BCUT2D eigenvalue weighted by molar-refractivity contribution is 0.0575. The maximum atomic E-state index is 12.8. The van der Waals surface area contributed by atoms with Gasteiger partial charge in [0.15, 0.2) is 5.69 Å². The minimum Gasteiger partial charge on any atom is -0.333 e. The molecule has 3 N–H and O–H groups in total. The van der Waals surface area contributed by atoms with Gasteiger partial charge in [-0.25, -0.2) is 0 Å². The second kappa shape index (κ2) is 5.88. The summed E-state index contributed by atoms with van der Waals surface area (Å²) in [5, 5.41) is 7.28. The number of H-pyrrole nitrogens is 1. The zero-order chi connectivity index (χ0) is 15.7. The molecule has 3 rings (SSSR count). The number of carbonyl (C=O) groups excluding carboxylic acids is 1. The highest BCUT2D eigenvalue weighted by Gasteiger charge is 2.32. The molecule has 116 valence electrons. The topological polar surface area (TPSA) is 92.1 Å². The molecule has 1 aromatic heterocycles. The largest absolute Gasteiger partial charge is 0.333 e. The lowest BCUT2D eigenvalue weighted by Crippen LogP contribution is -2.52. The van der Waals surface area contributed by atoms with Crippen molar-refractivity contribution in [2.45, 2.75) is 38.3 Å². The fourth-order valence-corrected chi connectivity index (χ4v) is 3.11. The van der Waals surface area contributed by atoms with Crippen molar-refractivity contribution in [2.24, 2.45) is 5.73 Å². The molecule has 1 amide bonds. The van der Waals surface area contributed by atoms with Gasteiger partial charge in [-0.1, -0.05) is 12.1 Å². The number of aromatic nitrogens is 2. The molecule has 0 bridgehead atoms. The van der Waals surface area contributed by atoms with Gasteiger partial charge in [-0.2, -0.15) is 5.10 Å². The van der Waals surface area contributed by atoms with Crippen LogP contribution in [0.15, 0.2) is 29.1 Å². The van der Waals surface area contributed by atoms with E-state index in [1.165, 1.54) is 0 Å². The Morgan fingerprint density at radius 2 is 2.18 bits per heavy atom. The Balaban J connectivity index is 2.01. The molecule has 1 aromatic carbocycles. The number of hydrogen-bond donors (Lipinski definition) is 2. The Morgan fingerprint density at radius 3 is 2.95 bits per heavy atom. The third-order valence-electron chi connectivity index (χ3n) is 4.29. The highest BCUT2D eigenvalue weighted by atomic mass is 16.2. The second-order valence-corrected chi connectivity index (χ2v) is 5.87. The van der Waals surface area contributed by atoms with Gasteiger partial charge in [0.1, 0.15) is 0 Å². The van der Waals surface area contributed by atoms with Crippen molar-refractivity contribution in [3.8, 4) is 0 Å². The van der Waals surface area contributed by atoms with E-state index >= 15 is 0 Å². The van der Waals surface area contributed by atoms with Crippen LogP contribution in [0.4, 0.5) is 0 Å². The normalized spacial score (nSPS) is 20.1. The molecule has 1 aliphatic rings. The van der Waals surface area contributed by atoms with Crippen LogP contribution in [0, 0.1) is 0 Å². The number of nitrogens with two attached hydrogens (primary N) is 1. The minimum absolute atomic E-state index is 0.0334. The molecule has 2 heterocycles. The molecule has 0 saturated carbocycles. The molecule has 0 spiro atoms. The average Bonchev–Trinajstić information content (AvgIpc) is 2.55. The number of nitrogens with one attached hydrogen (secondary N) is 1. The number of fused-ring (bicyclic) bond motifs is 1. The molecular weight excluding hydrogens is 280 g/mol. The molecular formula is C16H20N4O2. The van der Waals surface area contributed by atoms with E-state index in [-0.39, 0.29) is 29.1 Å². The molecule has 0 unspecified atom stereocenters. The van der Waals surface area contributed by atoms with Gasteiger partial charge in [0.25, 0.3) is 5.91 Å². The molecule has 1 fully saturated rings. The van der Waals surface area contributed by atoms with Crippen LogP contribution in [0.3, 0.4) is 0 Å². The van der Waals surface area contributed by atoms with Crippen molar-refractivity contribution in [1.82, 2.24) is 15.1 Å². The number of piperidine rings is 1. The maximum Gasteiger partial charge on any atom is 0.278 e. The number of carbonyl (C=O) groups is 1. The summed E-state index contributed by atoms with van der Waals surface area (Å²) >= 11 is 0. The predicted octanol–water partition coefficient (Wildman–Crippen LogP) is 1.26. The van der Waals surface area contributed by atoms with E-state index in [1.807, 2.05) is 13.0 Å². The van der Waals surface area contributed by atoms with Crippen LogP contribution in [-0.4, -0.2) is 39.6 Å². The van der Waals surface area contributed by atoms with Crippen molar-refractivity contribution in [3.05, 3.63) is 40.2 Å². The summed E-state index contributed by atoms with van der Waals surface area (Å²) in [5.74, 6) is -0.325. The van der Waals surface area contributed by atoms with E-state index in [4.69, 9.17) is 5.73 Å². The minimum atomic E-state index is -0.326. The van der Waals surface area contributed by atoms with Gasteiger partial charge in [-0.15, -0.1) is 0 Å². The average molecular weight is 300 g/mol. The van der Waals surface area contributed by atoms with Gasteiger partial charge in [-0.3, -0.25) is 14.7 Å². The van der Waals surface area contributed by atoms with Crippen LogP contribution in [0.1, 0.15) is 36.7 Å². The number of benzene rings is 1. The predicted molar refractivity (Wildman–Crippen MR) is 84.7 cm³/mol. The lowest BCUT2D eigenvalue weighted by Gasteiger charge is -2.37. The molecule has 1 aliphatic heterocycles. The fourth-order valence-electron chi connectivity index (χ4n) is 3.11. The number of para-hydroxylation sites is 1. The summed E-state index contributed by atoms with van der Waals surface area (Å²) in [7, 11) is 0. The van der Waals surface area contributed by atoms with Crippen LogP contribution in [0.5, 0.6) is 0 Å². The van der Waals surface area contributed by atoms with Gasteiger partial charge in [0.2, 0.25) is 5.43 Å². The summed E-state index contributed by atoms with van der Waals surface area (Å²) in [4.78, 5) is 27.0. The first-order chi connectivity index (χ1) is 10.6. The van der Waals surface area contributed by atoms with Crippen LogP contribution in [0.25, 0.3) is 10.9 Å². The molecule has 22 heavy (non-hydrogen) atoms. The van der Waals surface area contributed by atoms with E-state index in [1.54, 1.807) is 23.1 Å². The van der Waals surface area contributed by atoms with Crippen molar-refractivity contribution in [1.29, 1.82) is 0 Å². The van der Waals surface area contributed by atoms with Crippen LogP contribution in [0.2, 0.25) is 0 Å². The maximum absolute atomic E-state index is 12.8. The third kappa shape index (κ3) is 2.50. The van der Waals surface area contributed by atoms with Crippen LogP contribution in [-0.2, 0) is 0 Å². The van der Waals surface area contributed by atoms with Gasteiger partial charge in [-0.05, 0) is 38.3 Å². The van der Waals surface area contributed by atoms with Gasteiger partial charge >= 0.3 is 0 Å². The SMILES string of the molecule is C[C@@H](N)[C@H]1CCCCN1C(=O)c1n[nH]c2ccccc2c1=O. The van der Waals surface area contributed by atoms with E-state index in [0.29, 0.717) is 17.4 Å². The monoisotopic (exact) mass is 300 g/mol. The van der Waals surface area contributed by atoms with Gasteiger partial charge in [0.05, 0.1) is 5.52 Å². The molecule has 0 aliphatic carbocycles. The number of nitrogens with zero attached hydrogens (tertiary/aromatic N) is 2. The standard InChI is InChI=1S/C16H20N4O2/c1-10(17)13-8-4-5-9-20(13)16(22)14-15(21)11-6-2-3-7-12(11)18-19-14/h2-3,6-7,10,13H,4-5,8-9,17H2,1H3,(H,18,21)/t10-,13-/m1/s1. The van der Waals surface area contributed by atoms with Crippen LogP contribution >= 0.6 is 0 Å². The highest BCUT2D eigenvalue weighted by molar-refractivity contribution is 5.95. The quantitative estimate of drug-likeness (QED) is 0.873. The van der Waals surface area contributed by atoms with E-state index in [0.717, 1.165) is 19.3 Å². The number of hydrogen-bond acceptors (Lipinski definition) is 4. The molecule has 2 aromatic rings. The molecule has 0 radical (unpaired) electrons. The zero-order valence-corrected chi connectivity index (χ0v) is 12.6. The van der Waals surface area contributed by atoms with Crippen LogP contribution < -0.4 is 11.2 Å². The second-order valence-electron chi connectivity index (χ2n) is 5.87. The van der Waals surface area contributed by atoms with E-state index in [2.05, 4.69) is 10.2 Å². The van der Waals surface area contributed by atoms with Gasteiger partial charge in [0, 0.05) is 24.0 Å². The number of aromatic amines is 1. The molecule has 6 nitrogen and oxygen atoms in total. The first kappa shape index (κ1) is 14.7. The van der Waals surface area contributed by atoms with E-state index in [9.17, 15) is 9.59 Å². The fraction of sp³-hybridized carbons (Fsp3) is 0.438. The number of likely N-dealkylation sites (tertiary alicyclic amines) is 1. The third-order valence-corrected chi connectivity index (χ3v) is 4.29. The Bertz CT molecular complexity index is 753. The molecule has 6 heteroatoms. The smallest absolute Gasteiger partial charge is 0.278 e. The summed E-state index contributed by atoms with van der Waals surface area (Å²) in [6.45, 7) is 2.52. The van der Waals surface area contributed by atoms with Gasteiger partial charge < -0.3 is 10.6 Å². The molecule has 2 atom stereocenters. The van der Waals surface area contributed by atoms with E-state index < -0.39 is 0 Å². The number of rotatable bonds is 2. The zero-order valence-electron chi connectivity index (χ0n) is 12.6. The first-order valence-corrected chi connectivity index (χ1v) is 7.63. The first-order valence-electron chi connectivity index (χ1n) is 7.63. The molecule has 1 saturated heterocycles. The number of amides is 1. The van der Waals surface area contributed by atoms with Crippen molar-refractivity contribution >= 4 is 16.8 Å². The summed E-state index contributed by atoms with van der Waals surface area (Å²) in [6.07, 6.45) is 2.85. The Kier molecular flexibility index (Phi) is 3.94. The van der Waals surface area contributed by atoms with Crippen molar-refractivity contribution < 1.29 is 4.79 Å². The van der Waals surface area contributed by atoms with Crippen molar-refractivity contribution in [3.63, 3.8) is 0 Å².